The van der Waals surface area contributed by atoms with Gasteiger partial charge in [0.2, 0.25) is 0 Å². The molecule has 3 heteroatoms. The maximum atomic E-state index is 4.44. The summed E-state index contributed by atoms with van der Waals surface area (Å²) in [5.74, 6) is 0. The maximum absolute atomic E-state index is 4.44. The fourth-order valence-electron chi connectivity index (χ4n) is 6.03. The fourth-order valence-corrected chi connectivity index (χ4v) is 6.87. The molecular weight excluding hydrogens is 492 g/mol. The molecule has 5 aromatic carbocycles. The summed E-state index contributed by atoms with van der Waals surface area (Å²) in [4.78, 5) is 1.23. The molecule has 0 amide bonds. The van der Waals surface area contributed by atoms with Gasteiger partial charge in [0.05, 0.1) is 22.1 Å². The number of fused-ring (bicyclic) bond motifs is 7. The topological polar surface area (TPSA) is 9.86 Å². The molecule has 39 heavy (non-hydrogen) atoms. The predicted molar refractivity (Wildman–Crippen MR) is 169 cm³/mol. The Kier molecular flexibility index (Phi) is 4.94. The van der Waals surface area contributed by atoms with Crippen molar-refractivity contribution in [2.45, 2.75) is 4.90 Å². The largest absolute Gasteiger partial charge is 0.309 e. The van der Waals surface area contributed by atoms with Crippen molar-refractivity contribution in [2.75, 3.05) is 0 Å². The second kappa shape index (κ2) is 8.65. The first-order chi connectivity index (χ1) is 19.3. The minimum absolute atomic E-state index is 1.02. The Hall–Kier alpha value is -4.73. The van der Waals surface area contributed by atoms with Crippen molar-refractivity contribution in [3.63, 3.8) is 0 Å². The van der Waals surface area contributed by atoms with Crippen LogP contribution in [-0.4, -0.2) is 9.13 Å². The summed E-state index contributed by atoms with van der Waals surface area (Å²) in [6, 6.07) is 41.4. The second-order valence-corrected chi connectivity index (χ2v) is 10.9. The van der Waals surface area contributed by atoms with Gasteiger partial charge in [-0.25, -0.2) is 0 Å². The van der Waals surface area contributed by atoms with E-state index in [4.69, 9.17) is 0 Å². The second-order valence-electron chi connectivity index (χ2n) is 9.93. The smallest absolute Gasteiger partial charge is 0.0542 e. The number of hydrogen-bond donors (Lipinski definition) is 0. The number of hydrogen-bond acceptors (Lipinski definition) is 1. The zero-order valence-corrected chi connectivity index (χ0v) is 22.0. The molecule has 3 heterocycles. The number of nitrogens with zero attached hydrogens (tertiary/aromatic N) is 2. The summed E-state index contributed by atoms with van der Waals surface area (Å²) in [6.07, 6.45) is 4.42. The molecular formula is C36H24N2S. The Morgan fingerprint density at radius 1 is 0.538 bits per heavy atom. The van der Waals surface area contributed by atoms with Crippen LogP contribution in [0, 0.1) is 0 Å². The van der Waals surface area contributed by atoms with Crippen LogP contribution in [0.4, 0.5) is 0 Å². The van der Waals surface area contributed by atoms with E-state index in [0.29, 0.717) is 0 Å². The van der Waals surface area contributed by atoms with E-state index in [0.717, 1.165) is 11.3 Å². The minimum atomic E-state index is 1.02. The van der Waals surface area contributed by atoms with Crippen molar-refractivity contribution in [3.8, 4) is 5.69 Å². The predicted octanol–water partition coefficient (Wildman–Crippen LogP) is 10.1. The first-order valence-electron chi connectivity index (χ1n) is 13.1. The lowest BCUT2D eigenvalue weighted by atomic mass is 10.1. The third-order valence-corrected chi connectivity index (χ3v) is 8.62. The molecule has 1 aliphatic heterocycles. The number of allylic oxidation sites excluding steroid dienone is 4. The van der Waals surface area contributed by atoms with Crippen molar-refractivity contribution >= 4 is 66.6 Å². The summed E-state index contributed by atoms with van der Waals surface area (Å²) in [7, 11) is 0. The molecule has 184 valence electrons. The molecule has 2 aromatic heterocycles. The van der Waals surface area contributed by atoms with E-state index in [1.54, 1.807) is 11.8 Å². The highest BCUT2D eigenvalue weighted by atomic mass is 32.2. The molecule has 2 nitrogen and oxygen atoms in total. The Labute approximate surface area is 230 Å². The SMILES string of the molecule is C=C1/C=C(n2c3ccccc3c3cc(-n4c5ccccc5c5ccccc54)ccc32)\C=C/Sc2ccccc21. The first-order valence-corrected chi connectivity index (χ1v) is 14.0. The van der Waals surface area contributed by atoms with E-state index in [1.165, 1.54) is 59.8 Å². The van der Waals surface area contributed by atoms with Gasteiger partial charge in [0.1, 0.15) is 0 Å². The average Bonchev–Trinajstić information content (AvgIpc) is 3.48. The molecule has 0 saturated heterocycles. The van der Waals surface area contributed by atoms with Crippen LogP contribution in [0.3, 0.4) is 0 Å². The summed E-state index contributed by atoms with van der Waals surface area (Å²) in [6.45, 7) is 4.44. The number of rotatable bonds is 2. The first kappa shape index (κ1) is 22.3. The Balaban J connectivity index is 1.39. The molecule has 1 aliphatic rings. The fraction of sp³-hybridized carbons (Fsp3) is 0. The third-order valence-electron chi connectivity index (χ3n) is 7.74. The van der Waals surface area contributed by atoms with Gasteiger partial charge >= 0.3 is 0 Å². The lowest BCUT2D eigenvalue weighted by Gasteiger charge is -2.15. The van der Waals surface area contributed by atoms with Gasteiger partial charge in [0.15, 0.2) is 0 Å². The molecule has 7 aromatic rings. The van der Waals surface area contributed by atoms with E-state index >= 15 is 0 Å². The molecule has 0 atom stereocenters. The van der Waals surface area contributed by atoms with Crippen LogP contribution in [0.5, 0.6) is 0 Å². The van der Waals surface area contributed by atoms with Crippen molar-refractivity contribution in [3.05, 3.63) is 145 Å². The Morgan fingerprint density at radius 3 is 1.82 bits per heavy atom. The van der Waals surface area contributed by atoms with Crippen LogP contribution < -0.4 is 0 Å². The van der Waals surface area contributed by atoms with Gasteiger partial charge in [-0.3, -0.25) is 0 Å². The van der Waals surface area contributed by atoms with Gasteiger partial charge in [0, 0.05) is 37.8 Å². The summed E-state index contributed by atoms with van der Waals surface area (Å²) >= 11 is 1.74. The van der Waals surface area contributed by atoms with E-state index < -0.39 is 0 Å². The molecule has 0 N–H and O–H groups in total. The average molecular weight is 517 g/mol. The summed E-state index contributed by atoms with van der Waals surface area (Å²) in [5, 5.41) is 7.21. The van der Waals surface area contributed by atoms with Gasteiger partial charge < -0.3 is 9.13 Å². The molecule has 0 radical (unpaired) electrons. The zero-order chi connectivity index (χ0) is 25.9. The van der Waals surface area contributed by atoms with E-state index in [-0.39, 0.29) is 0 Å². The molecule has 0 fully saturated rings. The van der Waals surface area contributed by atoms with Crippen LogP contribution >= 0.6 is 11.8 Å². The quantitative estimate of drug-likeness (QED) is 0.222. The number of aromatic nitrogens is 2. The third kappa shape index (κ3) is 3.37. The van der Waals surface area contributed by atoms with Gasteiger partial charge in [-0.15, -0.1) is 0 Å². The van der Waals surface area contributed by atoms with Gasteiger partial charge in [-0.1, -0.05) is 91.1 Å². The van der Waals surface area contributed by atoms with Crippen molar-refractivity contribution < 1.29 is 0 Å². The molecule has 8 rings (SSSR count). The monoisotopic (exact) mass is 516 g/mol. The van der Waals surface area contributed by atoms with Crippen LogP contribution in [-0.2, 0) is 0 Å². The molecule has 0 unspecified atom stereocenters. The van der Waals surface area contributed by atoms with Crippen molar-refractivity contribution in [2.24, 2.45) is 0 Å². The molecule has 0 spiro atoms. The number of thioether (sulfide) groups is 1. The lowest BCUT2D eigenvalue weighted by molar-refractivity contribution is 1.18. The normalized spacial score (nSPS) is 15.8. The van der Waals surface area contributed by atoms with Gasteiger partial charge in [-0.2, -0.15) is 0 Å². The van der Waals surface area contributed by atoms with E-state index in [9.17, 15) is 0 Å². The Bertz CT molecular complexity index is 2120. The highest BCUT2D eigenvalue weighted by Gasteiger charge is 2.17. The van der Waals surface area contributed by atoms with Gasteiger partial charge in [-0.05, 0) is 71.2 Å². The highest BCUT2D eigenvalue weighted by molar-refractivity contribution is 8.02. The molecule has 0 bridgehead atoms. The number of benzene rings is 5. The molecule has 0 saturated carbocycles. The van der Waals surface area contributed by atoms with Crippen molar-refractivity contribution in [1.82, 2.24) is 9.13 Å². The van der Waals surface area contributed by atoms with Crippen LogP contribution in [0.15, 0.2) is 144 Å². The van der Waals surface area contributed by atoms with E-state index in [2.05, 4.69) is 149 Å². The molecule has 0 aliphatic carbocycles. The standard InChI is InChI=1S/C36H24N2S/c1-24-22-26(20-21-39-36-17-9-5-10-27(24)36)38-34-16-8-4-13-30(34)31-23-25(18-19-35(31)38)37-32-14-6-2-11-28(32)29-12-3-7-15-33(29)37/h2-23H,1H2/b21-20-,26-22+. The summed E-state index contributed by atoms with van der Waals surface area (Å²) < 4.78 is 4.76. The van der Waals surface area contributed by atoms with Gasteiger partial charge in [0.25, 0.3) is 0 Å². The maximum Gasteiger partial charge on any atom is 0.0542 e. The zero-order valence-electron chi connectivity index (χ0n) is 21.2. The minimum Gasteiger partial charge on any atom is -0.309 e. The summed E-state index contributed by atoms with van der Waals surface area (Å²) in [5.41, 5.74) is 9.29. The van der Waals surface area contributed by atoms with Crippen LogP contribution in [0.2, 0.25) is 0 Å². The Morgan fingerprint density at radius 2 is 1.10 bits per heavy atom. The van der Waals surface area contributed by atoms with Crippen LogP contribution in [0.1, 0.15) is 5.56 Å². The van der Waals surface area contributed by atoms with Crippen molar-refractivity contribution in [1.29, 1.82) is 0 Å². The van der Waals surface area contributed by atoms with Crippen LogP contribution in [0.25, 0.3) is 60.6 Å². The lowest BCUT2D eigenvalue weighted by Crippen LogP contribution is -1.98. The van der Waals surface area contributed by atoms with E-state index in [1.807, 2.05) is 0 Å². The number of para-hydroxylation sites is 3. The highest BCUT2D eigenvalue weighted by Crippen LogP contribution is 2.39.